The van der Waals surface area contributed by atoms with Gasteiger partial charge in [-0.1, -0.05) is 30.3 Å². The Kier molecular flexibility index (Phi) is 6.34. The van der Waals surface area contributed by atoms with E-state index in [4.69, 9.17) is 9.47 Å². The average molecular weight is 464 g/mol. The Morgan fingerprint density at radius 2 is 1.85 bits per heavy atom. The number of ketones is 1. The van der Waals surface area contributed by atoms with Crippen molar-refractivity contribution in [1.82, 2.24) is 0 Å². The van der Waals surface area contributed by atoms with Crippen molar-refractivity contribution in [1.29, 1.82) is 0 Å². The second kappa shape index (κ2) is 9.05. The topological polar surface area (TPSA) is 82.1 Å². The van der Waals surface area contributed by atoms with E-state index in [-0.39, 0.29) is 37.8 Å². The predicted octanol–water partition coefficient (Wildman–Crippen LogP) is 5.12. The molecule has 176 valence electrons. The lowest BCUT2D eigenvalue weighted by Crippen LogP contribution is -2.38. The minimum atomic E-state index is -4.85. The van der Waals surface area contributed by atoms with Crippen molar-refractivity contribution in [3.8, 4) is 11.5 Å². The molecule has 2 fully saturated rings. The van der Waals surface area contributed by atoms with Crippen molar-refractivity contribution in [2.75, 3.05) is 6.61 Å². The number of carbonyl (C=O) groups is 2. The molecule has 2 atom stereocenters. The van der Waals surface area contributed by atoms with E-state index in [2.05, 4.69) is 4.74 Å². The molecule has 0 bridgehead atoms. The van der Waals surface area contributed by atoms with Crippen LogP contribution < -0.4 is 9.47 Å². The normalized spacial score (nSPS) is 22.7. The smallest absolute Gasteiger partial charge is 0.490 e. The molecule has 1 aliphatic heterocycles. The maximum Gasteiger partial charge on any atom is 0.573 e. The standard InChI is InChI=1S/C24H23F3O6/c25-24(26,27)33-18-8-9-20(32-17-6-7-17)19(12-18)16-13-23(31-14-16,11-10-21(28)29)22(30)15-4-2-1-3-5-15/h1-5,8-9,12,16-17H,6-7,10-11,13-14H2,(H,28,29). The molecule has 1 heterocycles. The first-order valence-corrected chi connectivity index (χ1v) is 10.7. The molecule has 0 amide bonds. The summed E-state index contributed by atoms with van der Waals surface area (Å²) in [5.74, 6) is -1.86. The molecule has 2 aliphatic rings. The molecule has 2 aromatic carbocycles. The number of ether oxygens (including phenoxy) is 3. The van der Waals surface area contributed by atoms with Crippen LogP contribution in [0.25, 0.3) is 0 Å². The van der Waals surface area contributed by atoms with Crippen LogP contribution >= 0.6 is 0 Å². The fourth-order valence-electron chi connectivity index (χ4n) is 4.10. The molecule has 1 saturated heterocycles. The summed E-state index contributed by atoms with van der Waals surface area (Å²) < 4.78 is 54.3. The number of alkyl halides is 3. The van der Waals surface area contributed by atoms with Gasteiger partial charge in [-0.2, -0.15) is 0 Å². The van der Waals surface area contributed by atoms with Gasteiger partial charge in [-0.3, -0.25) is 9.59 Å². The monoisotopic (exact) mass is 464 g/mol. The summed E-state index contributed by atoms with van der Waals surface area (Å²) in [4.78, 5) is 24.6. The number of hydrogen-bond donors (Lipinski definition) is 1. The van der Waals surface area contributed by atoms with Crippen molar-refractivity contribution in [2.45, 2.75) is 56.1 Å². The van der Waals surface area contributed by atoms with E-state index in [9.17, 15) is 27.9 Å². The minimum absolute atomic E-state index is 0.00294. The van der Waals surface area contributed by atoms with Crippen LogP contribution in [0.15, 0.2) is 48.5 Å². The summed E-state index contributed by atoms with van der Waals surface area (Å²) in [7, 11) is 0. The molecule has 0 spiro atoms. The van der Waals surface area contributed by atoms with E-state index in [1.165, 1.54) is 18.2 Å². The zero-order chi connectivity index (χ0) is 23.6. The molecular weight excluding hydrogens is 441 g/mol. The van der Waals surface area contributed by atoms with E-state index in [0.29, 0.717) is 16.9 Å². The lowest BCUT2D eigenvalue weighted by molar-refractivity contribution is -0.274. The van der Waals surface area contributed by atoms with Gasteiger partial charge in [0.1, 0.15) is 17.1 Å². The fourth-order valence-corrected chi connectivity index (χ4v) is 4.10. The van der Waals surface area contributed by atoms with Gasteiger partial charge in [0.2, 0.25) is 0 Å². The first-order chi connectivity index (χ1) is 15.7. The van der Waals surface area contributed by atoms with Crippen molar-refractivity contribution in [3.05, 3.63) is 59.7 Å². The number of Topliss-reactive ketones (excluding diaryl/α,β-unsaturated/α-hetero) is 1. The van der Waals surface area contributed by atoms with Gasteiger partial charge in [-0.15, -0.1) is 13.2 Å². The van der Waals surface area contributed by atoms with Crippen molar-refractivity contribution >= 4 is 11.8 Å². The van der Waals surface area contributed by atoms with Gasteiger partial charge < -0.3 is 19.3 Å². The zero-order valence-corrected chi connectivity index (χ0v) is 17.6. The van der Waals surface area contributed by atoms with E-state index in [1.807, 2.05) is 0 Å². The second-order valence-corrected chi connectivity index (χ2v) is 8.36. The van der Waals surface area contributed by atoms with Gasteiger partial charge in [0.15, 0.2) is 5.78 Å². The average Bonchev–Trinajstić information content (AvgIpc) is 3.48. The third-order valence-corrected chi connectivity index (χ3v) is 5.80. The van der Waals surface area contributed by atoms with Crippen LogP contribution in [0.1, 0.15) is 53.9 Å². The van der Waals surface area contributed by atoms with E-state index in [1.54, 1.807) is 30.3 Å². The number of aliphatic carboxylic acids is 1. The third-order valence-electron chi connectivity index (χ3n) is 5.80. The summed E-state index contributed by atoms with van der Waals surface area (Å²) in [6.07, 6.45) is -3.35. The number of benzene rings is 2. The number of rotatable bonds is 9. The van der Waals surface area contributed by atoms with Gasteiger partial charge in [0, 0.05) is 23.5 Å². The Labute approximate surface area is 188 Å². The first-order valence-electron chi connectivity index (χ1n) is 10.7. The highest BCUT2D eigenvalue weighted by Crippen LogP contribution is 2.46. The lowest BCUT2D eigenvalue weighted by Gasteiger charge is -2.27. The van der Waals surface area contributed by atoms with Crippen LogP contribution in [-0.2, 0) is 9.53 Å². The van der Waals surface area contributed by atoms with Gasteiger partial charge >= 0.3 is 12.3 Å². The van der Waals surface area contributed by atoms with E-state index < -0.39 is 29.6 Å². The summed E-state index contributed by atoms with van der Waals surface area (Å²) in [6.45, 7) is 0.0364. The highest BCUT2D eigenvalue weighted by atomic mass is 19.4. The summed E-state index contributed by atoms with van der Waals surface area (Å²) in [5.41, 5.74) is -0.573. The molecule has 6 nitrogen and oxygen atoms in total. The molecule has 0 radical (unpaired) electrons. The summed E-state index contributed by atoms with van der Waals surface area (Å²) in [5, 5.41) is 9.21. The van der Waals surface area contributed by atoms with Crippen LogP contribution in [0, 0.1) is 0 Å². The first kappa shape index (κ1) is 23.1. The van der Waals surface area contributed by atoms with Crippen LogP contribution in [0.5, 0.6) is 11.5 Å². The Hall–Kier alpha value is -3.07. The lowest BCUT2D eigenvalue weighted by atomic mass is 9.81. The van der Waals surface area contributed by atoms with Gasteiger partial charge in [-0.05, 0) is 43.9 Å². The van der Waals surface area contributed by atoms with Crippen LogP contribution in [0.4, 0.5) is 13.2 Å². The fraction of sp³-hybridized carbons (Fsp3) is 0.417. The molecule has 1 N–H and O–H groups in total. The van der Waals surface area contributed by atoms with Gasteiger partial charge in [0.25, 0.3) is 0 Å². The molecule has 1 saturated carbocycles. The zero-order valence-electron chi connectivity index (χ0n) is 17.6. The molecule has 2 unspecified atom stereocenters. The van der Waals surface area contributed by atoms with Crippen LogP contribution in [-0.4, -0.2) is 41.5 Å². The molecule has 1 aliphatic carbocycles. The van der Waals surface area contributed by atoms with E-state index >= 15 is 0 Å². The maximum absolute atomic E-state index is 13.4. The quantitative estimate of drug-likeness (QED) is 0.519. The van der Waals surface area contributed by atoms with Crippen LogP contribution in [0.2, 0.25) is 0 Å². The molecule has 0 aromatic heterocycles. The number of carboxylic acid groups (broad SMARTS) is 1. The molecule has 2 aromatic rings. The molecular formula is C24H23F3O6. The van der Waals surface area contributed by atoms with Crippen LogP contribution in [0.3, 0.4) is 0 Å². The summed E-state index contributed by atoms with van der Waals surface area (Å²) >= 11 is 0. The Balaban J connectivity index is 1.65. The Morgan fingerprint density at radius 1 is 1.12 bits per heavy atom. The summed E-state index contributed by atoms with van der Waals surface area (Å²) in [6, 6.07) is 12.3. The maximum atomic E-state index is 13.4. The Bertz CT molecular complexity index is 1020. The molecule has 33 heavy (non-hydrogen) atoms. The van der Waals surface area contributed by atoms with Crippen molar-refractivity contribution in [3.63, 3.8) is 0 Å². The number of carboxylic acids is 1. The number of hydrogen-bond acceptors (Lipinski definition) is 5. The minimum Gasteiger partial charge on any atom is -0.490 e. The van der Waals surface area contributed by atoms with Crippen molar-refractivity contribution < 1.29 is 42.1 Å². The molecule has 4 rings (SSSR count). The third kappa shape index (κ3) is 5.65. The van der Waals surface area contributed by atoms with Gasteiger partial charge in [0.05, 0.1) is 12.7 Å². The largest absolute Gasteiger partial charge is 0.573 e. The highest BCUT2D eigenvalue weighted by Gasteiger charge is 2.48. The van der Waals surface area contributed by atoms with E-state index in [0.717, 1.165) is 12.8 Å². The van der Waals surface area contributed by atoms with Crippen molar-refractivity contribution in [2.24, 2.45) is 0 Å². The van der Waals surface area contributed by atoms with Gasteiger partial charge in [-0.25, -0.2) is 0 Å². The SMILES string of the molecule is O=C(O)CCC1(C(=O)c2ccccc2)CC(c2cc(OC(F)(F)F)ccc2OC2CC2)CO1. The number of carbonyl (C=O) groups excluding carboxylic acids is 1. The highest BCUT2D eigenvalue weighted by molar-refractivity contribution is 6.03. The number of halogens is 3. The predicted molar refractivity (Wildman–Crippen MR) is 110 cm³/mol. The molecule has 9 heteroatoms. The second-order valence-electron chi connectivity index (χ2n) is 8.36. The Morgan fingerprint density at radius 3 is 2.48 bits per heavy atom.